The Morgan fingerprint density at radius 1 is 0.970 bits per heavy atom. The van der Waals surface area contributed by atoms with Crippen LogP contribution in [-0.4, -0.2) is 21.0 Å². The molecule has 1 aliphatic rings. The molecule has 1 fully saturated rings. The summed E-state index contributed by atoms with van der Waals surface area (Å²) in [4.78, 5) is 37.2. The Balaban J connectivity index is 1.44. The fraction of sp³-hybridized carbons (Fsp3) is 0.120. The van der Waals surface area contributed by atoms with Gasteiger partial charge >= 0.3 is 0 Å². The number of aryl methyl sites for hydroxylation is 1. The molecule has 0 aromatic heterocycles. The molecule has 1 saturated heterocycles. The zero-order valence-corrected chi connectivity index (χ0v) is 18.6. The lowest BCUT2D eigenvalue weighted by Gasteiger charge is -2.12. The number of nitro benzene ring substituents is 1. The van der Waals surface area contributed by atoms with Crippen LogP contribution in [0.2, 0.25) is 0 Å². The average Bonchev–Trinajstić information content (AvgIpc) is 3.07. The van der Waals surface area contributed by atoms with Gasteiger partial charge in [-0.3, -0.25) is 24.6 Å². The molecule has 7 nitrogen and oxygen atoms in total. The lowest BCUT2D eigenvalue weighted by Crippen LogP contribution is -2.27. The maximum absolute atomic E-state index is 12.8. The van der Waals surface area contributed by atoms with Gasteiger partial charge in [-0.25, -0.2) is 0 Å². The highest BCUT2D eigenvalue weighted by molar-refractivity contribution is 8.18. The monoisotopic (exact) mass is 460 g/mol. The zero-order valence-electron chi connectivity index (χ0n) is 17.8. The van der Waals surface area contributed by atoms with E-state index in [0.29, 0.717) is 17.9 Å². The van der Waals surface area contributed by atoms with Crippen LogP contribution in [-0.2, 0) is 17.9 Å². The van der Waals surface area contributed by atoms with Crippen LogP contribution < -0.4 is 4.74 Å². The molecule has 1 heterocycles. The summed E-state index contributed by atoms with van der Waals surface area (Å²) in [6.07, 6.45) is 1.63. The number of benzene rings is 3. The SMILES string of the molecule is Cc1ccccc1COc1ccc(/C=C2\SC(=O)N(Cc3ccccc3[N+](=O)[O-])C2=O)cc1. The number of para-hydroxylation sites is 1. The van der Waals surface area contributed by atoms with E-state index in [-0.39, 0.29) is 17.1 Å². The summed E-state index contributed by atoms with van der Waals surface area (Å²) in [5.74, 6) is 0.225. The third-order valence-electron chi connectivity index (χ3n) is 5.22. The van der Waals surface area contributed by atoms with Gasteiger partial charge in [0.15, 0.2) is 0 Å². The topological polar surface area (TPSA) is 89.8 Å². The first-order chi connectivity index (χ1) is 15.9. The summed E-state index contributed by atoms with van der Waals surface area (Å²) in [5, 5.41) is 10.8. The molecule has 0 bridgehead atoms. The Morgan fingerprint density at radius 2 is 1.64 bits per heavy atom. The number of imide groups is 1. The van der Waals surface area contributed by atoms with E-state index in [1.165, 1.54) is 6.07 Å². The minimum atomic E-state index is -0.521. The van der Waals surface area contributed by atoms with Crippen LogP contribution in [0.5, 0.6) is 5.75 Å². The van der Waals surface area contributed by atoms with Crippen LogP contribution in [0.3, 0.4) is 0 Å². The molecule has 166 valence electrons. The van der Waals surface area contributed by atoms with Crippen LogP contribution in [0.4, 0.5) is 10.5 Å². The zero-order chi connectivity index (χ0) is 23.4. The highest BCUT2D eigenvalue weighted by Gasteiger charge is 2.36. The lowest BCUT2D eigenvalue weighted by atomic mass is 10.1. The lowest BCUT2D eigenvalue weighted by molar-refractivity contribution is -0.385. The number of carbonyl (C=O) groups excluding carboxylic acids is 2. The number of hydrogen-bond donors (Lipinski definition) is 0. The van der Waals surface area contributed by atoms with Gasteiger partial charge in [0.1, 0.15) is 12.4 Å². The van der Waals surface area contributed by atoms with Crippen molar-refractivity contribution >= 4 is 34.7 Å². The number of amides is 2. The van der Waals surface area contributed by atoms with Crippen molar-refractivity contribution in [2.24, 2.45) is 0 Å². The summed E-state index contributed by atoms with van der Waals surface area (Å²) in [5.41, 5.74) is 3.19. The van der Waals surface area contributed by atoms with Gasteiger partial charge in [-0.15, -0.1) is 0 Å². The van der Waals surface area contributed by atoms with E-state index in [0.717, 1.165) is 33.4 Å². The Hall–Kier alpha value is -3.91. The van der Waals surface area contributed by atoms with Gasteiger partial charge in [-0.2, -0.15) is 0 Å². The summed E-state index contributed by atoms with van der Waals surface area (Å²) in [6, 6.07) is 21.3. The van der Waals surface area contributed by atoms with Crippen LogP contribution >= 0.6 is 11.8 Å². The van der Waals surface area contributed by atoms with E-state index in [1.807, 2.05) is 55.5 Å². The Morgan fingerprint density at radius 3 is 2.33 bits per heavy atom. The van der Waals surface area contributed by atoms with Crippen molar-refractivity contribution in [3.05, 3.63) is 110 Å². The molecular formula is C25H20N2O5S. The first kappa shape index (κ1) is 22.3. The second kappa shape index (κ2) is 9.70. The van der Waals surface area contributed by atoms with E-state index in [2.05, 4.69) is 0 Å². The fourth-order valence-corrected chi connectivity index (χ4v) is 4.21. The summed E-state index contributed by atoms with van der Waals surface area (Å²) >= 11 is 0.821. The molecule has 2 amide bonds. The van der Waals surface area contributed by atoms with Crippen LogP contribution in [0.1, 0.15) is 22.3 Å². The molecule has 8 heteroatoms. The van der Waals surface area contributed by atoms with Crippen molar-refractivity contribution in [2.75, 3.05) is 0 Å². The average molecular weight is 461 g/mol. The molecule has 1 aliphatic heterocycles. The smallest absolute Gasteiger partial charge is 0.293 e. The third kappa shape index (κ3) is 5.12. The minimum Gasteiger partial charge on any atom is -0.489 e. The highest BCUT2D eigenvalue weighted by atomic mass is 32.2. The van der Waals surface area contributed by atoms with Gasteiger partial charge in [0, 0.05) is 11.6 Å². The summed E-state index contributed by atoms with van der Waals surface area (Å²) in [7, 11) is 0. The van der Waals surface area contributed by atoms with E-state index in [9.17, 15) is 19.7 Å². The molecule has 0 atom stereocenters. The maximum atomic E-state index is 12.8. The molecule has 3 aromatic carbocycles. The second-order valence-electron chi connectivity index (χ2n) is 7.44. The molecule has 3 aromatic rings. The van der Waals surface area contributed by atoms with Crippen molar-refractivity contribution in [1.29, 1.82) is 0 Å². The van der Waals surface area contributed by atoms with Crippen molar-refractivity contribution < 1.29 is 19.2 Å². The number of carbonyl (C=O) groups is 2. The summed E-state index contributed by atoms with van der Waals surface area (Å²) in [6.45, 7) is 2.34. The van der Waals surface area contributed by atoms with Gasteiger partial charge in [0.2, 0.25) is 0 Å². The first-order valence-electron chi connectivity index (χ1n) is 10.2. The maximum Gasteiger partial charge on any atom is 0.293 e. The molecule has 4 rings (SSSR count). The molecule has 0 N–H and O–H groups in total. The van der Waals surface area contributed by atoms with Gasteiger partial charge in [0.25, 0.3) is 16.8 Å². The standard InChI is InChI=1S/C25H20N2O5S/c1-17-6-2-3-8-20(17)16-32-21-12-10-18(11-13-21)14-23-24(28)26(25(29)33-23)15-19-7-4-5-9-22(19)27(30)31/h2-14H,15-16H2,1H3/b23-14-. The van der Waals surface area contributed by atoms with Gasteiger partial charge < -0.3 is 4.74 Å². The van der Waals surface area contributed by atoms with E-state index < -0.39 is 16.1 Å². The van der Waals surface area contributed by atoms with Crippen molar-refractivity contribution in [2.45, 2.75) is 20.1 Å². The number of ether oxygens (including phenoxy) is 1. The molecular weight excluding hydrogens is 440 g/mol. The minimum absolute atomic E-state index is 0.123. The molecule has 0 unspecified atom stereocenters. The number of hydrogen-bond acceptors (Lipinski definition) is 6. The summed E-state index contributed by atoms with van der Waals surface area (Å²) < 4.78 is 5.84. The quantitative estimate of drug-likeness (QED) is 0.255. The van der Waals surface area contributed by atoms with Crippen molar-refractivity contribution in [1.82, 2.24) is 4.90 Å². The van der Waals surface area contributed by atoms with Gasteiger partial charge in [0.05, 0.1) is 16.4 Å². The second-order valence-corrected chi connectivity index (χ2v) is 8.43. The third-order valence-corrected chi connectivity index (χ3v) is 6.13. The number of thioether (sulfide) groups is 1. The van der Waals surface area contributed by atoms with Gasteiger partial charge in [-0.05, 0) is 53.6 Å². The molecule has 0 spiro atoms. The number of rotatable bonds is 7. The predicted molar refractivity (Wildman–Crippen MR) is 127 cm³/mol. The predicted octanol–water partition coefficient (Wildman–Crippen LogP) is 5.72. The largest absolute Gasteiger partial charge is 0.489 e. The van der Waals surface area contributed by atoms with E-state index in [1.54, 1.807) is 24.3 Å². The fourth-order valence-electron chi connectivity index (χ4n) is 3.37. The van der Waals surface area contributed by atoms with Crippen LogP contribution in [0.25, 0.3) is 6.08 Å². The first-order valence-corrected chi connectivity index (χ1v) is 11.0. The van der Waals surface area contributed by atoms with E-state index >= 15 is 0 Å². The highest BCUT2D eigenvalue weighted by Crippen LogP contribution is 2.34. The Bertz CT molecular complexity index is 1250. The molecule has 0 radical (unpaired) electrons. The Kier molecular flexibility index (Phi) is 6.55. The number of nitrogens with zero attached hydrogens (tertiary/aromatic N) is 2. The molecule has 0 aliphatic carbocycles. The van der Waals surface area contributed by atoms with Crippen molar-refractivity contribution in [3.63, 3.8) is 0 Å². The molecule has 33 heavy (non-hydrogen) atoms. The Labute approximate surface area is 194 Å². The normalized spacial score (nSPS) is 14.7. The van der Waals surface area contributed by atoms with Crippen LogP contribution in [0.15, 0.2) is 77.7 Å². The van der Waals surface area contributed by atoms with Gasteiger partial charge in [-0.1, -0.05) is 54.6 Å². The van der Waals surface area contributed by atoms with Crippen LogP contribution in [0, 0.1) is 17.0 Å². The van der Waals surface area contributed by atoms with E-state index in [4.69, 9.17) is 4.74 Å². The van der Waals surface area contributed by atoms with Crippen molar-refractivity contribution in [3.8, 4) is 5.75 Å². The number of nitro groups is 1. The molecule has 0 saturated carbocycles.